The second-order valence-corrected chi connectivity index (χ2v) is 13.0. The summed E-state index contributed by atoms with van der Waals surface area (Å²) in [4.78, 5) is 22.1. The molecule has 2 aromatic carbocycles. The Labute approximate surface area is 241 Å². The molecule has 0 radical (unpaired) electrons. The molecule has 216 valence electrons. The third-order valence-electron chi connectivity index (χ3n) is 4.68. The Morgan fingerprint density at radius 2 is 1.36 bits per heavy atom. The molecular formula is C23H26Cl3NO10S2. The Morgan fingerprint density at radius 1 is 0.846 bits per heavy atom. The van der Waals surface area contributed by atoms with Gasteiger partial charge in [0.15, 0.2) is 5.75 Å². The van der Waals surface area contributed by atoms with E-state index in [1.807, 2.05) is 0 Å². The van der Waals surface area contributed by atoms with Crippen LogP contribution in [0.2, 0.25) is 10.0 Å². The molecule has 2 aromatic rings. The minimum Gasteiger partial charge on any atom is -0.490 e. The molecule has 0 aliphatic heterocycles. The van der Waals surface area contributed by atoms with Gasteiger partial charge < -0.3 is 18.9 Å². The Kier molecular flexibility index (Phi) is 12.1. The number of benzene rings is 2. The molecule has 0 amide bonds. The maximum absolute atomic E-state index is 13.2. The van der Waals surface area contributed by atoms with Gasteiger partial charge in [-0.05, 0) is 36.4 Å². The largest absolute Gasteiger partial charge is 0.490 e. The normalized spacial score (nSPS) is 13.3. The highest BCUT2D eigenvalue weighted by Crippen LogP contribution is 2.37. The molecule has 0 unspecified atom stereocenters. The van der Waals surface area contributed by atoms with Crippen LogP contribution in [-0.2, 0) is 38.9 Å². The first-order valence-electron chi connectivity index (χ1n) is 11.1. The van der Waals surface area contributed by atoms with E-state index in [0.717, 1.165) is 6.26 Å². The highest BCUT2D eigenvalue weighted by Gasteiger charge is 2.23. The van der Waals surface area contributed by atoms with Crippen LogP contribution in [0.1, 0.15) is 13.8 Å². The molecule has 0 spiro atoms. The van der Waals surface area contributed by atoms with E-state index in [4.69, 9.17) is 53.8 Å². The standard InChI is InChI=1S/C23H26Cl3NO10S2/c1-14(28)36-17(10-24)12-35-23-21(25)8-20(9-22(23)26)39(32,33)19-6-4-16(5-7-19)34-13-18(37-15(2)29)11-27-38(3,30)31/h4-9,17-18,27H,10-13H2,1-3H3/t17-,18+/m1/s1. The van der Waals surface area contributed by atoms with Gasteiger partial charge in [-0.2, -0.15) is 0 Å². The topological polar surface area (TPSA) is 151 Å². The van der Waals surface area contributed by atoms with E-state index in [9.17, 15) is 26.4 Å². The summed E-state index contributed by atoms with van der Waals surface area (Å²) in [5, 5.41) is -0.173. The first-order chi connectivity index (χ1) is 18.1. The lowest BCUT2D eigenvalue weighted by molar-refractivity contribution is -0.148. The molecule has 0 saturated carbocycles. The van der Waals surface area contributed by atoms with Crippen molar-refractivity contribution >= 4 is 66.6 Å². The lowest BCUT2D eigenvalue weighted by Crippen LogP contribution is -2.37. The number of rotatable bonds is 14. The Hall–Kier alpha value is -2.29. The predicted octanol–water partition coefficient (Wildman–Crippen LogP) is 3.24. The number of carbonyl (C=O) groups excluding carboxylic acids is 2. The van der Waals surface area contributed by atoms with Gasteiger partial charge in [-0.25, -0.2) is 21.6 Å². The number of alkyl halides is 1. The van der Waals surface area contributed by atoms with Crippen LogP contribution in [0, 0.1) is 0 Å². The van der Waals surface area contributed by atoms with Crippen molar-refractivity contribution < 1.29 is 45.4 Å². The van der Waals surface area contributed by atoms with E-state index in [1.54, 1.807) is 0 Å². The van der Waals surface area contributed by atoms with Gasteiger partial charge in [0.05, 0.1) is 38.5 Å². The molecule has 1 N–H and O–H groups in total. The van der Waals surface area contributed by atoms with Crippen molar-refractivity contribution in [1.82, 2.24) is 4.72 Å². The average Bonchev–Trinajstić information content (AvgIpc) is 2.83. The number of sulfonamides is 1. The van der Waals surface area contributed by atoms with Gasteiger partial charge in [0.1, 0.15) is 31.2 Å². The molecule has 0 aliphatic carbocycles. The van der Waals surface area contributed by atoms with E-state index < -0.39 is 44.0 Å². The van der Waals surface area contributed by atoms with E-state index in [0.29, 0.717) is 0 Å². The van der Waals surface area contributed by atoms with Crippen molar-refractivity contribution in [1.29, 1.82) is 0 Å². The predicted molar refractivity (Wildman–Crippen MR) is 144 cm³/mol. The smallest absolute Gasteiger partial charge is 0.303 e. The summed E-state index contributed by atoms with van der Waals surface area (Å²) in [6.07, 6.45) is -0.721. The number of carbonyl (C=O) groups is 2. The number of hydrogen-bond acceptors (Lipinski definition) is 10. The molecule has 0 heterocycles. The van der Waals surface area contributed by atoms with Crippen molar-refractivity contribution in [2.45, 2.75) is 35.8 Å². The first kappa shape index (κ1) is 32.9. The highest BCUT2D eigenvalue weighted by atomic mass is 35.5. The number of ether oxygens (including phenoxy) is 4. The van der Waals surface area contributed by atoms with Crippen LogP contribution < -0.4 is 14.2 Å². The molecular weight excluding hydrogens is 621 g/mol. The first-order valence-corrected chi connectivity index (χ1v) is 15.7. The second-order valence-electron chi connectivity index (χ2n) is 8.05. The maximum Gasteiger partial charge on any atom is 0.303 e. The summed E-state index contributed by atoms with van der Waals surface area (Å²) in [5.74, 6) is -0.976. The van der Waals surface area contributed by atoms with Crippen LogP contribution in [0.15, 0.2) is 46.2 Å². The number of halogens is 3. The summed E-state index contributed by atoms with van der Waals surface area (Å²) >= 11 is 18.2. The fourth-order valence-electron chi connectivity index (χ4n) is 3.00. The second kappa shape index (κ2) is 14.4. The molecule has 2 atom stereocenters. The Bertz CT molecular complexity index is 1360. The van der Waals surface area contributed by atoms with Gasteiger partial charge in [-0.1, -0.05) is 23.2 Å². The number of sulfone groups is 1. The van der Waals surface area contributed by atoms with Gasteiger partial charge in [0, 0.05) is 13.8 Å². The van der Waals surface area contributed by atoms with E-state index >= 15 is 0 Å². The molecule has 16 heteroatoms. The van der Waals surface area contributed by atoms with Crippen LogP contribution in [-0.4, -0.2) is 72.9 Å². The Morgan fingerprint density at radius 3 is 1.85 bits per heavy atom. The molecule has 39 heavy (non-hydrogen) atoms. The number of hydrogen-bond donors (Lipinski definition) is 1. The highest BCUT2D eigenvalue weighted by molar-refractivity contribution is 7.91. The van der Waals surface area contributed by atoms with Crippen LogP contribution in [0.3, 0.4) is 0 Å². The molecule has 0 saturated heterocycles. The zero-order valence-corrected chi connectivity index (χ0v) is 24.9. The van der Waals surface area contributed by atoms with Crippen molar-refractivity contribution in [2.24, 2.45) is 0 Å². The average molecular weight is 647 g/mol. The van der Waals surface area contributed by atoms with Crippen LogP contribution in [0.4, 0.5) is 0 Å². The van der Waals surface area contributed by atoms with E-state index in [1.165, 1.54) is 50.2 Å². The van der Waals surface area contributed by atoms with Gasteiger partial charge in [0.25, 0.3) is 0 Å². The molecule has 0 aromatic heterocycles. The number of esters is 2. The maximum atomic E-state index is 13.2. The third kappa shape index (κ3) is 10.7. The summed E-state index contributed by atoms with van der Waals surface area (Å²) < 4.78 is 72.3. The minimum absolute atomic E-state index is 0.00371. The van der Waals surface area contributed by atoms with Crippen molar-refractivity contribution in [3.05, 3.63) is 46.4 Å². The van der Waals surface area contributed by atoms with Crippen LogP contribution >= 0.6 is 34.8 Å². The molecule has 11 nitrogen and oxygen atoms in total. The molecule has 0 fully saturated rings. The fraction of sp³-hybridized carbons (Fsp3) is 0.391. The zero-order valence-electron chi connectivity index (χ0n) is 21.0. The van der Waals surface area contributed by atoms with E-state index in [2.05, 4.69) is 4.72 Å². The number of nitrogens with one attached hydrogen (secondary N) is 1. The summed E-state index contributed by atoms with van der Waals surface area (Å²) in [5.41, 5.74) is 0. The van der Waals surface area contributed by atoms with Crippen LogP contribution in [0.25, 0.3) is 0 Å². The lowest BCUT2D eigenvalue weighted by Gasteiger charge is -2.18. The lowest BCUT2D eigenvalue weighted by atomic mass is 10.3. The monoisotopic (exact) mass is 645 g/mol. The molecule has 0 bridgehead atoms. The fourth-order valence-corrected chi connectivity index (χ4v) is 5.68. The minimum atomic E-state index is -4.06. The van der Waals surface area contributed by atoms with Crippen molar-refractivity contribution in [3.63, 3.8) is 0 Å². The summed E-state index contributed by atoms with van der Waals surface area (Å²) in [6.45, 7) is 1.84. The summed E-state index contributed by atoms with van der Waals surface area (Å²) in [6, 6.07) is 7.67. The van der Waals surface area contributed by atoms with Gasteiger partial charge in [0.2, 0.25) is 19.9 Å². The quantitative estimate of drug-likeness (QED) is 0.239. The van der Waals surface area contributed by atoms with Gasteiger partial charge >= 0.3 is 11.9 Å². The Balaban J connectivity index is 2.14. The molecule has 0 aliphatic rings. The third-order valence-corrected chi connectivity index (χ3v) is 8.02. The summed E-state index contributed by atoms with van der Waals surface area (Å²) in [7, 11) is -7.58. The van der Waals surface area contributed by atoms with Crippen LogP contribution in [0.5, 0.6) is 11.5 Å². The van der Waals surface area contributed by atoms with Crippen molar-refractivity contribution in [2.75, 3.05) is 31.9 Å². The SMILES string of the molecule is CC(=O)O[C@H](CCl)COc1c(Cl)cc(S(=O)(=O)c2ccc(OC[C@H](CNS(C)(=O)=O)OC(C)=O)cc2)cc1Cl. The van der Waals surface area contributed by atoms with Gasteiger partial charge in [-0.3, -0.25) is 9.59 Å². The molecule has 2 rings (SSSR count). The van der Waals surface area contributed by atoms with Crippen molar-refractivity contribution in [3.8, 4) is 11.5 Å². The van der Waals surface area contributed by atoms with E-state index in [-0.39, 0.29) is 57.0 Å². The van der Waals surface area contributed by atoms with Gasteiger partial charge in [-0.15, -0.1) is 11.6 Å². The zero-order chi connectivity index (χ0) is 29.4.